The van der Waals surface area contributed by atoms with Gasteiger partial charge in [-0.2, -0.15) is 0 Å². The number of aliphatic imine (C=N–C) groups is 1. The summed E-state index contributed by atoms with van der Waals surface area (Å²) in [6.45, 7) is 6.57. The number of aliphatic carboxylic acids is 1. The highest BCUT2D eigenvalue weighted by atomic mass is 35.5. The summed E-state index contributed by atoms with van der Waals surface area (Å²) in [5.41, 5.74) is 5.30. The first-order valence-corrected chi connectivity index (χ1v) is 13.8. The Morgan fingerprint density at radius 2 is 1.90 bits per heavy atom. The normalized spacial score (nSPS) is 14.6. The van der Waals surface area contributed by atoms with Gasteiger partial charge in [-0.3, -0.25) is 4.99 Å². The Balaban J connectivity index is 0.000000253. The lowest BCUT2D eigenvalue weighted by Gasteiger charge is -2.27. The van der Waals surface area contributed by atoms with Gasteiger partial charge >= 0.3 is 5.97 Å². The van der Waals surface area contributed by atoms with Crippen LogP contribution in [0.1, 0.15) is 56.5 Å². The van der Waals surface area contributed by atoms with Crippen LogP contribution in [0.4, 0.5) is 0 Å². The third-order valence-corrected chi connectivity index (χ3v) is 7.25. The molecule has 0 radical (unpaired) electrons. The van der Waals surface area contributed by atoms with Gasteiger partial charge in [-0.15, -0.1) is 0 Å². The maximum Gasteiger partial charge on any atom is 0.335 e. The summed E-state index contributed by atoms with van der Waals surface area (Å²) in [6, 6.07) is 15.8. The molecule has 0 aliphatic carbocycles. The third-order valence-electron chi connectivity index (χ3n) is 7.01. The van der Waals surface area contributed by atoms with Crippen molar-refractivity contribution < 1.29 is 28.8 Å². The van der Waals surface area contributed by atoms with Gasteiger partial charge in [0.05, 0.1) is 26.5 Å². The molecule has 222 valence electrons. The van der Waals surface area contributed by atoms with Gasteiger partial charge in [0.25, 0.3) is 0 Å². The molecule has 2 heterocycles. The van der Waals surface area contributed by atoms with Gasteiger partial charge in [-0.25, -0.2) is 10.6 Å². The van der Waals surface area contributed by atoms with Crippen molar-refractivity contribution >= 4 is 23.4 Å². The predicted octanol–water partition coefficient (Wildman–Crippen LogP) is 5.30. The van der Waals surface area contributed by atoms with E-state index in [0.29, 0.717) is 48.4 Å². The number of nitrogens with one attached hydrogen (secondary N) is 1. The maximum absolute atomic E-state index is 11.1. The number of nitrogens with two attached hydrogens (primary N) is 1. The summed E-state index contributed by atoms with van der Waals surface area (Å²) in [4.78, 5) is 15.2. The molecule has 0 fully saturated rings. The number of hydrazine groups is 1. The number of ether oxygens (including phenoxy) is 4. The van der Waals surface area contributed by atoms with Crippen LogP contribution in [0.3, 0.4) is 0 Å². The molecule has 1 atom stereocenters. The molecule has 41 heavy (non-hydrogen) atoms. The second-order valence-electron chi connectivity index (χ2n) is 9.21. The smallest absolute Gasteiger partial charge is 0.335 e. The lowest BCUT2D eigenvalue weighted by atomic mass is 9.97. The van der Waals surface area contributed by atoms with Gasteiger partial charge < -0.3 is 34.0 Å². The fraction of sp³-hybridized carbons (Fsp3) is 0.400. The number of para-hydroxylation sites is 1. The molecule has 1 aliphatic heterocycles. The van der Waals surface area contributed by atoms with Gasteiger partial charge in [0, 0.05) is 34.6 Å². The number of rotatable bonds is 10. The number of hydrogen-bond donors (Lipinski definition) is 3. The topological polar surface area (TPSA) is 130 Å². The second kappa shape index (κ2) is 14.9. The Morgan fingerprint density at radius 1 is 1.15 bits per heavy atom. The number of hydrogen-bond acceptors (Lipinski definition) is 7. The van der Waals surface area contributed by atoms with Crippen molar-refractivity contribution in [2.75, 3.05) is 27.4 Å². The number of aromatic nitrogens is 1. The van der Waals surface area contributed by atoms with Crippen LogP contribution in [0.15, 0.2) is 59.7 Å². The molecule has 0 amide bonds. The number of halogens is 1. The van der Waals surface area contributed by atoms with E-state index < -0.39 is 11.6 Å². The van der Waals surface area contributed by atoms with Crippen LogP contribution < -0.4 is 20.7 Å². The maximum atomic E-state index is 11.1. The van der Waals surface area contributed by atoms with E-state index in [2.05, 4.69) is 21.1 Å². The first-order chi connectivity index (χ1) is 19.8. The summed E-state index contributed by atoms with van der Waals surface area (Å²) in [5, 5.41) is 9.79. The number of methoxy groups -OCH3 is 2. The Bertz CT molecular complexity index is 1340. The number of carboxylic acids is 1. The average molecular weight is 587 g/mol. The summed E-state index contributed by atoms with van der Waals surface area (Å²) in [6.07, 6.45) is 2.54. The van der Waals surface area contributed by atoms with E-state index in [1.807, 2.05) is 55.6 Å². The van der Waals surface area contributed by atoms with Crippen molar-refractivity contribution in [3.8, 4) is 17.2 Å². The zero-order chi connectivity index (χ0) is 30.0. The molecule has 10 nitrogen and oxygen atoms in total. The van der Waals surface area contributed by atoms with Gasteiger partial charge in [-0.1, -0.05) is 37.6 Å². The summed E-state index contributed by atoms with van der Waals surface area (Å²) in [5.74, 6) is 6.09. The molecule has 4 N–H and O–H groups in total. The molecule has 0 unspecified atom stereocenters. The number of fused-ring (bicyclic) bond motifs is 3. The van der Waals surface area contributed by atoms with E-state index in [9.17, 15) is 4.79 Å². The fourth-order valence-corrected chi connectivity index (χ4v) is 4.89. The van der Waals surface area contributed by atoms with Crippen molar-refractivity contribution in [3.05, 3.63) is 76.6 Å². The number of nitrogens with zero attached hydrogens (tertiary/aromatic N) is 2. The Morgan fingerprint density at radius 3 is 2.51 bits per heavy atom. The average Bonchev–Trinajstić information content (AvgIpc) is 3.40. The SMILES string of the molecule is CCN=C(COC(CC)(CC)C(=O)O)NN.COc1cccc([C@H]2OCc3cccn3-c3ccc(Cl)cc32)c1OC. The van der Waals surface area contributed by atoms with Crippen LogP contribution in [0.25, 0.3) is 5.69 Å². The molecule has 4 rings (SSSR count). The second-order valence-corrected chi connectivity index (χ2v) is 9.64. The Hall–Kier alpha value is -3.57. The minimum Gasteiger partial charge on any atom is -0.493 e. The highest BCUT2D eigenvalue weighted by molar-refractivity contribution is 6.30. The third kappa shape index (κ3) is 7.20. The summed E-state index contributed by atoms with van der Waals surface area (Å²) < 4.78 is 24.9. The van der Waals surface area contributed by atoms with Crippen molar-refractivity contribution in [1.82, 2.24) is 9.99 Å². The van der Waals surface area contributed by atoms with Gasteiger partial charge in [0.1, 0.15) is 18.5 Å². The zero-order valence-corrected chi connectivity index (χ0v) is 24.9. The summed E-state index contributed by atoms with van der Waals surface area (Å²) in [7, 11) is 3.27. The molecule has 1 aromatic heterocycles. The fourth-order valence-electron chi connectivity index (χ4n) is 4.71. The molecule has 0 spiro atoms. The standard InChI is InChI=1S/C20H18ClNO3.C10H21N3O3/c1-23-18-7-3-6-15(20(18)24-2)19-16-11-13(21)8-9-17(16)22-10-4-5-14(22)12-25-19;1-4-10(5-2,9(14)15)16-7-8(13-11)12-6-3/h3-11,19H,12H2,1-2H3;4-7,11H2,1-3H3,(H,12,13)(H,14,15)/t19-;/m1./s1. The lowest BCUT2D eigenvalue weighted by molar-refractivity contribution is -0.164. The van der Waals surface area contributed by atoms with E-state index in [0.717, 1.165) is 22.5 Å². The molecular formula is C30H39ClN4O6. The lowest BCUT2D eigenvalue weighted by Crippen LogP contribution is -2.44. The molecule has 0 saturated heterocycles. The van der Waals surface area contributed by atoms with E-state index in [1.54, 1.807) is 28.1 Å². The van der Waals surface area contributed by atoms with Crippen LogP contribution in [-0.2, 0) is 20.9 Å². The first-order valence-electron chi connectivity index (χ1n) is 13.4. The molecule has 0 bridgehead atoms. The van der Waals surface area contributed by atoms with Crippen LogP contribution >= 0.6 is 11.6 Å². The highest BCUT2D eigenvalue weighted by Gasteiger charge is 2.36. The Kier molecular flexibility index (Phi) is 11.6. The molecule has 2 aromatic carbocycles. The Labute approximate surface area is 246 Å². The van der Waals surface area contributed by atoms with Crippen LogP contribution in [0, 0.1) is 0 Å². The zero-order valence-electron chi connectivity index (χ0n) is 24.1. The van der Waals surface area contributed by atoms with Gasteiger partial charge in [0.2, 0.25) is 0 Å². The van der Waals surface area contributed by atoms with E-state index >= 15 is 0 Å². The first kappa shape index (κ1) is 32.0. The molecule has 0 saturated carbocycles. The minimum absolute atomic E-state index is 0.0817. The largest absolute Gasteiger partial charge is 0.493 e. The van der Waals surface area contributed by atoms with Crippen molar-refractivity contribution in [3.63, 3.8) is 0 Å². The van der Waals surface area contributed by atoms with Gasteiger partial charge in [-0.05, 0) is 56.2 Å². The highest BCUT2D eigenvalue weighted by Crippen LogP contribution is 2.43. The molecular weight excluding hydrogens is 548 g/mol. The van der Waals surface area contributed by atoms with E-state index in [1.165, 1.54) is 0 Å². The minimum atomic E-state index is -1.15. The van der Waals surface area contributed by atoms with Crippen LogP contribution in [0.5, 0.6) is 11.5 Å². The predicted molar refractivity (Wildman–Crippen MR) is 159 cm³/mol. The van der Waals surface area contributed by atoms with Crippen LogP contribution in [0.2, 0.25) is 5.02 Å². The molecule has 11 heteroatoms. The van der Waals surface area contributed by atoms with Crippen molar-refractivity contribution in [2.45, 2.75) is 51.9 Å². The van der Waals surface area contributed by atoms with E-state index in [4.69, 9.17) is 41.5 Å². The van der Waals surface area contributed by atoms with E-state index in [-0.39, 0.29) is 12.7 Å². The van der Waals surface area contributed by atoms with Crippen molar-refractivity contribution in [1.29, 1.82) is 0 Å². The molecule has 1 aliphatic rings. The quantitative estimate of drug-likeness (QED) is 0.126. The number of amidine groups is 1. The summed E-state index contributed by atoms with van der Waals surface area (Å²) >= 11 is 6.30. The van der Waals surface area contributed by atoms with Gasteiger partial charge in [0.15, 0.2) is 17.1 Å². The monoisotopic (exact) mass is 586 g/mol. The molecule has 3 aromatic rings. The van der Waals surface area contributed by atoms with Crippen LogP contribution in [-0.4, -0.2) is 54.5 Å². The number of carbonyl (C=O) groups is 1. The number of benzene rings is 2. The number of carboxylic acid groups (broad SMARTS) is 1. The van der Waals surface area contributed by atoms with Crippen molar-refractivity contribution in [2.24, 2.45) is 10.8 Å².